The molecule has 5 heteroatoms. The molecule has 5 nitrogen and oxygen atoms in total. The smallest absolute Gasteiger partial charge is 0.137 e. The van der Waals surface area contributed by atoms with E-state index in [0.717, 1.165) is 56.5 Å². The predicted octanol–water partition coefficient (Wildman–Crippen LogP) is 12.7. The van der Waals surface area contributed by atoms with Gasteiger partial charge in [0.1, 0.15) is 5.82 Å². The summed E-state index contributed by atoms with van der Waals surface area (Å²) in [6, 6.07) is 50.2. The second kappa shape index (κ2) is 12.3. The zero-order valence-electron chi connectivity index (χ0n) is 29.3. The lowest BCUT2D eigenvalue weighted by Gasteiger charge is -2.42. The first kappa shape index (κ1) is 30.8. The Morgan fingerprint density at radius 2 is 1.12 bits per heavy atom. The van der Waals surface area contributed by atoms with Gasteiger partial charge in [0, 0.05) is 34.4 Å². The van der Waals surface area contributed by atoms with E-state index in [1.165, 1.54) is 27.6 Å². The van der Waals surface area contributed by atoms with E-state index < -0.39 is 0 Å². The highest BCUT2D eigenvalue weighted by Gasteiger charge is 2.34. The monoisotopic (exact) mass is 661 g/mol. The number of nitrogens with zero attached hydrogens (tertiary/aromatic N) is 5. The van der Waals surface area contributed by atoms with Gasteiger partial charge in [0.15, 0.2) is 0 Å². The van der Waals surface area contributed by atoms with Gasteiger partial charge in [-0.1, -0.05) is 100 Å². The van der Waals surface area contributed by atoms with Gasteiger partial charge in [-0.3, -0.25) is 9.55 Å². The molecule has 0 aliphatic carbocycles. The summed E-state index contributed by atoms with van der Waals surface area (Å²) in [6.45, 7) is 9.19. The lowest BCUT2D eigenvalue weighted by atomic mass is 9.90. The SMILES string of the molecule is CC(C)c1cccc(C(C)C)c1N1c2ccccc2N(c2ccc3c4ccccc4n(-c4ccccn4)c3c2)c2cc(-c3ccccn3)ccc21. The number of benzene rings is 5. The highest BCUT2D eigenvalue weighted by atomic mass is 15.3. The average Bonchev–Trinajstić information content (AvgIpc) is 3.50. The highest BCUT2D eigenvalue weighted by molar-refractivity contribution is 6.11. The van der Waals surface area contributed by atoms with Gasteiger partial charge in [-0.2, -0.15) is 0 Å². The average molecular weight is 662 g/mol. The number of rotatable bonds is 6. The third kappa shape index (κ3) is 4.99. The lowest BCUT2D eigenvalue weighted by molar-refractivity contribution is 0.830. The van der Waals surface area contributed by atoms with E-state index in [2.05, 4.69) is 169 Å². The van der Waals surface area contributed by atoms with Crippen LogP contribution in [0.3, 0.4) is 0 Å². The number of fused-ring (bicyclic) bond motifs is 5. The minimum atomic E-state index is 0.344. The molecule has 0 unspecified atom stereocenters. The maximum atomic E-state index is 4.80. The third-order valence-electron chi connectivity index (χ3n) is 10.1. The first-order valence-corrected chi connectivity index (χ1v) is 17.8. The lowest BCUT2D eigenvalue weighted by Crippen LogP contribution is -2.26. The fourth-order valence-corrected chi connectivity index (χ4v) is 7.81. The van der Waals surface area contributed by atoms with Crippen LogP contribution >= 0.6 is 0 Å². The molecule has 8 aromatic rings. The standard InChI is InChI=1S/C46H39N5/c1-30(2)34-15-13-16-35(31(3)4)46(34)51-41-20-8-7-19-40(41)49(44-28-32(22-25-42(44)51)38-17-9-11-26-47-38)33-23-24-37-36-14-5-6-18-39(36)50(43(37)29-33)45-21-10-12-27-48-45/h5-31H,1-4H3. The van der Waals surface area contributed by atoms with Crippen LogP contribution in [0.5, 0.6) is 0 Å². The Labute approximate surface area is 299 Å². The molecule has 51 heavy (non-hydrogen) atoms. The Balaban J connectivity index is 1.35. The molecule has 3 aromatic heterocycles. The second-order valence-corrected chi connectivity index (χ2v) is 13.9. The minimum Gasteiger partial charge on any atom is -0.306 e. The second-order valence-electron chi connectivity index (χ2n) is 13.9. The van der Waals surface area contributed by atoms with E-state index in [1.807, 2.05) is 24.5 Å². The zero-order valence-corrected chi connectivity index (χ0v) is 29.3. The molecule has 0 bridgehead atoms. The van der Waals surface area contributed by atoms with Crippen molar-refractivity contribution in [2.75, 3.05) is 9.80 Å². The van der Waals surface area contributed by atoms with Crippen LogP contribution in [0.15, 0.2) is 152 Å². The number of para-hydroxylation sites is 4. The Morgan fingerprint density at radius 3 is 1.82 bits per heavy atom. The molecule has 0 N–H and O–H groups in total. The highest BCUT2D eigenvalue weighted by Crippen LogP contribution is 2.57. The quantitative estimate of drug-likeness (QED) is 0.178. The topological polar surface area (TPSA) is 37.2 Å². The molecule has 0 atom stereocenters. The summed E-state index contributed by atoms with van der Waals surface area (Å²) in [6.07, 6.45) is 3.73. The van der Waals surface area contributed by atoms with E-state index in [0.29, 0.717) is 11.8 Å². The van der Waals surface area contributed by atoms with Crippen LogP contribution in [0.4, 0.5) is 34.1 Å². The summed E-state index contributed by atoms with van der Waals surface area (Å²) >= 11 is 0. The molecule has 0 fully saturated rings. The molecule has 248 valence electrons. The molecule has 0 radical (unpaired) electrons. The molecule has 0 amide bonds. The molecular formula is C46H39N5. The van der Waals surface area contributed by atoms with Crippen molar-refractivity contribution < 1.29 is 0 Å². The fourth-order valence-electron chi connectivity index (χ4n) is 7.81. The molecule has 9 rings (SSSR count). The van der Waals surface area contributed by atoms with E-state index in [4.69, 9.17) is 9.97 Å². The number of aromatic nitrogens is 3. The molecule has 5 aromatic carbocycles. The summed E-state index contributed by atoms with van der Waals surface area (Å²) in [4.78, 5) is 14.5. The molecule has 4 heterocycles. The van der Waals surface area contributed by atoms with Crippen LogP contribution < -0.4 is 9.80 Å². The molecule has 1 aliphatic heterocycles. The van der Waals surface area contributed by atoms with Crippen LogP contribution in [0, 0.1) is 0 Å². The summed E-state index contributed by atoms with van der Waals surface area (Å²) < 4.78 is 2.29. The van der Waals surface area contributed by atoms with Gasteiger partial charge < -0.3 is 9.80 Å². The molecule has 0 spiro atoms. The van der Waals surface area contributed by atoms with Gasteiger partial charge in [-0.15, -0.1) is 0 Å². The summed E-state index contributed by atoms with van der Waals surface area (Å²) in [7, 11) is 0. The predicted molar refractivity (Wildman–Crippen MR) is 213 cm³/mol. The van der Waals surface area contributed by atoms with Gasteiger partial charge >= 0.3 is 0 Å². The van der Waals surface area contributed by atoms with Crippen LogP contribution in [-0.2, 0) is 0 Å². The third-order valence-corrected chi connectivity index (χ3v) is 10.1. The largest absolute Gasteiger partial charge is 0.306 e. The summed E-state index contributed by atoms with van der Waals surface area (Å²) in [5.41, 5.74) is 13.8. The van der Waals surface area contributed by atoms with E-state index in [9.17, 15) is 0 Å². The number of anilines is 6. The van der Waals surface area contributed by atoms with Crippen LogP contribution in [-0.4, -0.2) is 14.5 Å². The summed E-state index contributed by atoms with van der Waals surface area (Å²) in [5, 5.41) is 2.40. The number of pyridine rings is 2. The first-order chi connectivity index (χ1) is 25.0. The van der Waals surface area contributed by atoms with Crippen molar-refractivity contribution in [2.24, 2.45) is 0 Å². The molecular weight excluding hydrogens is 623 g/mol. The van der Waals surface area contributed by atoms with Gasteiger partial charge in [0.05, 0.1) is 45.2 Å². The molecule has 1 aliphatic rings. The Kier molecular flexibility index (Phi) is 7.43. The Bertz CT molecular complexity index is 2520. The van der Waals surface area contributed by atoms with E-state index in [-0.39, 0.29) is 0 Å². The molecule has 0 saturated carbocycles. The van der Waals surface area contributed by atoms with Crippen LogP contribution in [0.2, 0.25) is 0 Å². The zero-order chi connectivity index (χ0) is 34.6. The normalized spacial score (nSPS) is 12.6. The number of hydrogen-bond donors (Lipinski definition) is 0. The van der Waals surface area contributed by atoms with Gasteiger partial charge in [-0.05, 0) is 89.7 Å². The molecule has 0 saturated heterocycles. The first-order valence-electron chi connectivity index (χ1n) is 17.8. The van der Waals surface area contributed by atoms with Crippen molar-refractivity contribution >= 4 is 55.9 Å². The fraction of sp³-hybridized carbons (Fsp3) is 0.130. The van der Waals surface area contributed by atoms with Crippen molar-refractivity contribution in [3.8, 4) is 17.1 Å². The van der Waals surface area contributed by atoms with Crippen molar-refractivity contribution in [1.82, 2.24) is 14.5 Å². The van der Waals surface area contributed by atoms with Gasteiger partial charge in [0.25, 0.3) is 0 Å². The van der Waals surface area contributed by atoms with Crippen molar-refractivity contribution in [2.45, 2.75) is 39.5 Å². The number of hydrogen-bond acceptors (Lipinski definition) is 4. The van der Waals surface area contributed by atoms with Crippen LogP contribution in [0.25, 0.3) is 38.9 Å². The van der Waals surface area contributed by atoms with Crippen molar-refractivity contribution in [3.05, 3.63) is 163 Å². The minimum absolute atomic E-state index is 0.344. The maximum absolute atomic E-state index is 4.80. The van der Waals surface area contributed by atoms with Crippen molar-refractivity contribution in [1.29, 1.82) is 0 Å². The summed E-state index contributed by atoms with van der Waals surface area (Å²) in [5.74, 6) is 1.59. The van der Waals surface area contributed by atoms with Crippen LogP contribution in [0.1, 0.15) is 50.7 Å². The van der Waals surface area contributed by atoms with E-state index in [1.54, 1.807) is 0 Å². The van der Waals surface area contributed by atoms with Gasteiger partial charge in [0.2, 0.25) is 0 Å². The Hall–Kier alpha value is -6.20. The maximum Gasteiger partial charge on any atom is 0.137 e. The Morgan fingerprint density at radius 1 is 0.471 bits per heavy atom. The van der Waals surface area contributed by atoms with Gasteiger partial charge in [-0.25, -0.2) is 4.98 Å². The van der Waals surface area contributed by atoms with E-state index >= 15 is 0 Å². The van der Waals surface area contributed by atoms with Crippen molar-refractivity contribution in [3.63, 3.8) is 0 Å².